The Bertz CT molecular complexity index is 778. The van der Waals surface area contributed by atoms with Crippen molar-refractivity contribution >= 4 is 5.97 Å². The van der Waals surface area contributed by atoms with E-state index in [0.29, 0.717) is 18.9 Å². The lowest BCUT2D eigenvalue weighted by Crippen LogP contribution is -2.41. The zero-order chi connectivity index (χ0) is 19.2. The first-order valence-corrected chi connectivity index (χ1v) is 9.12. The molecule has 6 heteroatoms. The molecular weight excluding hydrogens is 349 g/mol. The third-order valence-electron chi connectivity index (χ3n) is 4.66. The van der Waals surface area contributed by atoms with Gasteiger partial charge in [-0.05, 0) is 41.8 Å². The van der Waals surface area contributed by atoms with Gasteiger partial charge in [-0.1, -0.05) is 25.1 Å². The topological polar surface area (TPSA) is 59.0 Å². The second kappa shape index (κ2) is 8.97. The summed E-state index contributed by atoms with van der Waals surface area (Å²) in [6, 6.07) is 12.0. The van der Waals surface area contributed by atoms with Crippen LogP contribution in [0.25, 0.3) is 11.1 Å². The summed E-state index contributed by atoms with van der Waals surface area (Å²) in [6.07, 6.45) is 1.16. The summed E-state index contributed by atoms with van der Waals surface area (Å²) in [6.45, 7) is 4.69. The Morgan fingerprint density at radius 1 is 1.26 bits per heavy atom. The van der Waals surface area contributed by atoms with Crippen molar-refractivity contribution in [2.75, 3.05) is 26.3 Å². The molecule has 1 heterocycles. The summed E-state index contributed by atoms with van der Waals surface area (Å²) in [7, 11) is 0. The van der Waals surface area contributed by atoms with E-state index in [2.05, 4.69) is 11.8 Å². The van der Waals surface area contributed by atoms with Crippen LogP contribution in [0, 0.1) is 5.82 Å². The first-order valence-electron chi connectivity index (χ1n) is 9.12. The molecule has 0 saturated carbocycles. The zero-order valence-corrected chi connectivity index (χ0v) is 15.4. The standard InChI is InChI=1S/C21H24FNO4/c1-2-19-13-23(9-10-26-19)12-17-11-16(15-3-6-18(22)7-4-15)5-8-20(17)27-14-21(24)25/h3-8,11,19H,2,9-10,12-14H2,1H3,(H,24,25). The lowest BCUT2D eigenvalue weighted by Gasteiger charge is -2.32. The van der Waals surface area contributed by atoms with Crippen LogP contribution in [0.2, 0.25) is 0 Å². The van der Waals surface area contributed by atoms with Crippen LogP contribution in [0.5, 0.6) is 5.75 Å². The van der Waals surface area contributed by atoms with Gasteiger partial charge < -0.3 is 14.6 Å². The number of ether oxygens (including phenoxy) is 2. The van der Waals surface area contributed by atoms with E-state index < -0.39 is 5.97 Å². The maximum atomic E-state index is 13.2. The molecule has 2 aromatic carbocycles. The van der Waals surface area contributed by atoms with E-state index in [1.165, 1.54) is 12.1 Å². The smallest absolute Gasteiger partial charge is 0.341 e. The molecule has 1 aliphatic heterocycles. The monoisotopic (exact) mass is 373 g/mol. The van der Waals surface area contributed by atoms with E-state index in [9.17, 15) is 9.18 Å². The molecule has 3 rings (SSSR count). The first-order chi connectivity index (χ1) is 13.0. The van der Waals surface area contributed by atoms with Crippen molar-refractivity contribution in [2.45, 2.75) is 26.0 Å². The molecule has 1 saturated heterocycles. The number of hydrogen-bond donors (Lipinski definition) is 1. The van der Waals surface area contributed by atoms with E-state index >= 15 is 0 Å². The van der Waals surface area contributed by atoms with Crippen molar-refractivity contribution < 1.29 is 23.8 Å². The van der Waals surface area contributed by atoms with Crippen molar-refractivity contribution in [3.05, 3.63) is 53.8 Å². The number of carbonyl (C=O) groups is 1. The number of halogens is 1. The number of benzene rings is 2. The summed E-state index contributed by atoms with van der Waals surface area (Å²) >= 11 is 0. The molecule has 0 spiro atoms. The van der Waals surface area contributed by atoms with Crippen molar-refractivity contribution in [2.24, 2.45) is 0 Å². The lowest BCUT2D eigenvalue weighted by atomic mass is 10.0. The summed E-state index contributed by atoms with van der Waals surface area (Å²) in [4.78, 5) is 13.2. The van der Waals surface area contributed by atoms with Gasteiger partial charge in [0.05, 0.1) is 12.7 Å². The molecule has 27 heavy (non-hydrogen) atoms. The van der Waals surface area contributed by atoms with Crippen LogP contribution >= 0.6 is 0 Å². The van der Waals surface area contributed by atoms with Gasteiger partial charge in [0.15, 0.2) is 6.61 Å². The predicted molar refractivity (Wildman–Crippen MR) is 100 cm³/mol. The molecule has 144 valence electrons. The molecule has 0 bridgehead atoms. The average Bonchev–Trinajstić information content (AvgIpc) is 2.67. The van der Waals surface area contributed by atoms with Crippen molar-refractivity contribution in [1.82, 2.24) is 4.90 Å². The Kier molecular flexibility index (Phi) is 6.42. The van der Waals surface area contributed by atoms with Crippen molar-refractivity contribution in [3.8, 4) is 16.9 Å². The van der Waals surface area contributed by atoms with Crippen molar-refractivity contribution in [1.29, 1.82) is 0 Å². The number of aliphatic carboxylic acids is 1. The van der Waals surface area contributed by atoms with Crippen LogP contribution < -0.4 is 4.74 Å². The highest BCUT2D eigenvalue weighted by Gasteiger charge is 2.20. The number of carboxylic acid groups (broad SMARTS) is 1. The Morgan fingerprint density at radius 3 is 2.70 bits per heavy atom. The van der Waals surface area contributed by atoms with Gasteiger partial charge in [-0.3, -0.25) is 4.90 Å². The molecule has 0 aromatic heterocycles. The number of nitrogens with zero attached hydrogens (tertiary/aromatic N) is 1. The highest BCUT2D eigenvalue weighted by molar-refractivity contribution is 5.69. The van der Waals surface area contributed by atoms with Gasteiger partial charge >= 0.3 is 5.97 Å². The van der Waals surface area contributed by atoms with E-state index in [4.69, 9.17) is 14.6 Å². The maximum Gasteiger partial charge on any atom is 0.341 e. The fraction of sp³-hybridized carbons (Fsp3) is 0.381. The van der Waals surface area contributed by atoms with Gasteiger partial charge in [-0.15, -0.1) is 0 Å². The quantitative estimate of drug-likeness (QED) is 0.804. The number of rotatable bonds is 7. The molecule has 1 N–H and O–H groups in total. The van der Waals surface area contributed by atoms with Crippen LogP contribution in [0.1, 0.15) is 18.9 Å². The average molecular weight is 373 g/mol. The molecule has 1 unspecified atom stereocenters. The van der Waals surface area contributed by atoms with Gasteiger partial charge in [-0.25, -0.2) is 9.18 Å². The minimum Gasteiger partial charge on any atom is -0.482 e. The second-order valence-electron chi connectivity index (χ2n) is 6.65. The van der Waals surface area contributed by atoms with Crippen LogP contribution in [0.4, 0.5) is 4.39 Å². The number of morpholine rings is 1. The van der Waals surface area contributed by atoms with Gasteiger partial charge in [0, 0.05) is 25.2 Å². The summed E-state index contributed by atoms with van der Waals surface area (Å²) < 4.78 is 24.4. The lowest BCUT2D eigenvalue weighted by molar-refractivity contribution is -0.139. The third kappa shape index (κ3) is 5.28. The molecule has 5 nitrogen and oxygen atoms in total. The molecular formula is C21H24FNO4. The highest BCUT2D eigenvalue weighted by Crippen LogP contribution is 2.28. The maximum absolute atomic E-state index is 13.2. The van der Waals surface area contributed by atoms with Crippen LogP contribution in [-0.4, -0.2) is 48.4 Å². The Labute approximate surface area is 158 Å². The molecule has 1 fully saturated rings. The number of carboxylic acids is 1. The summed E-state index contributed by atoms with van der Waals surface area (Å²) in [5, 5.41) is 8.92. The largest absolute Gasteiger partial charge is 0.482 e. The normalized spacial score (nSPS) is 17.6. The second-order valence-corrected chi connectivity index (χ2v) is 6.65. The van der Waals surface area contributed by atoms with E-state index in [-0.39, 0.29) is 18.5 Å². The fourth-order valence-electron chi connectivity index (χ4n) is 3.22. The van der Waals surface area contributed by atoms with Gasteiger partial charge in [0.2, 0.25) is 0 Å². The molecule has 0 radical (unpaired) electrons. The Balaban J connectivity index is 1.85. The van der Waals surface area contributed by atoms with Crippen LogP contribution in [-0.2, 0) is 16.1 Å². The van der Waals surface area contributed by atoms with Crippen molar-refractivity contribution in [3.63, 3.8) is 0 Å². The molecule has 1 atom stereocenters. The summed E-state index contributed by atoms with van der Waals surface area (Å²) in [5.41, 5.74) is 2.75. The molecule has 1 aliphatic rings. The summed E-state index contributed by atoms with van der Waals surface area (Å²) in [5.74, 6) is -0.733. The van der Waals surface area contributed by atoms with Gasteiger partial charge in [0.1, 0.15) is 11.6 Å². The minimum absolute atomic E-state index is 0.211. The van der Waals surface area contributed by atoms with Crippen LogP contribution in [0.15, 0.2) is 42.5 Å². The first kappa shape index (κ1) is 19.3. The van der Waals surface area contributed by atoms with E-state index in [1.54, 1.807) is 18.2 Å². The number of hydrogen-bond acceptors (Lipinski definition) is 4. The van der Waals surface area contributed by atoms with E-state index in [0.717, 1.165) is 36.2 Å². The van der Waals surface area contributed by atoms with E-state index in [1.807, 2.05) is 12.1 Å². The fourth-order valence-corrected chi connectivity index (χ4v) is 3.22. The van der Waals surface area contributed by atoms with Gasteiger partial charge in [0.25, 0.3) is 0 Å². The predicted octanol–water partition coefficient (Wildman–Crippen LogP) is 3.57. The highest BCUT2D eigenvalue weighted by atomic mass is 19.1. The Hall–Kier alpha value is -2.44. The Morgan fingerprint density at radius 2 is 2.00 bits per heavy atom. The van der Waals surface area contributed by atoms with Crippen LogP contribution in [0.3, 0.4) is 0 Å². The SMILES string of the molecule is CCC1CN(Cc2cc(-c3ccc(F)cc3)ccc2OCC(=O)O)CCO1. The minimum atomic E-state index is -1.01. The molecule has 0 amide bonds. The molecule has 2 aromatic rings. The zero-order valence-electron chi connectivity index (χ0n) is 15.4. The van der Waals surface area contributed by atoms with Gasteiger partial charge in [-0.2, -0.15) is 0 Å². The molecule has 0 aliphatic carbocycles. The third-order valence-corrected chi connectivity index (χ3v) is 4.66.